The molecule has 2 amide bonds. The molecule has 1 fully saturated rings. The Morgan fingerprint density at radius 3 is 2.53 bits per heavy atom. The van der Waals surface area contributed by atoms with Crippen LogP contribution >= 0.6 is 0 Å². The lowest BCUT2D eigenvalue weighted by atomic mass is 9.87. The number of benzene rings is 1. The molecule has 0 unspecified atom stereocenters. The zero-order chi connectivity index (χ0) is 24.1. The predicted molar refractivity (Wildman–Crippen MR) is 135 cm³/mol. The summed E-state index contributed by atoms with van der Waals surface area (Å²) < 4.78 is 0. The molecular weight excluding hydrogens is 426 g/mol. The zero-order valence-corrected chi connectivity index (χ0v) is 20.9. The van der Waals surface area contributed by atoms with Crippen LogP contribution < -0.4 is 4.90 Å². The van der Waals surface area contributed by atoms with E-state index in [4.69, 9.17) is 0 Å². The minimum atomic E-state index is -0.0573. The number of aryl methyl sites for hydroxylation is 1. The summed E-state index contributed by atoms with van der Waals surface area (Å²) in [5, 5.41) is 0. The quantitative estimate of drug-likeness (QED) is 0.730. The van der Waals surface area contributed by atoms with Crippen LogP contribution in [-0.2, 0) is 11.3 Å². The van der Waals surface area contributed by atoms with Gasteiger partial charge in [-0.05, 0) is 51.2 Å². The van der Waals surface area contributed by atoms with Gasteiger partial charge < -0.3 is 14.8 Å². The molecule has 7 heteroatoms. The van der Waals surface area contributed by atoms with Crippen LogP contribution in [0.25, 0.3) is 0 Å². The van der Waals surface area contributed by atoms with Gasteiger partial charge in [0.05, 0.1) is 18.2 Å². The van der Waals surface area contributed by atoms with Crippen LogP contribution in [0, 0.1) is 12.8 Å². The van der Waals surface area contributed by atoms with Crippen molar-refractivity contribution in [3.63, 3.8) is 0 Å². The number of carbonyl (C=O) groups excluding carboxylic acids is 2. The van der Waals surface area contributed by atoms with Crippen molar-refractivity contribution in [1.29, 1.82) is 0 Å². The number of nitrogens with one attached hydrogen (secondary N) is 1. The second-order valence-corrected chi connectivity index (χ2v) is 10.1. The third-order valence-electron chi connectivity index (χ3n) is 7.40. The molecule has 1 aromatic heterocycles. The number of rotatable bonds is 3. The van der Waals surface area contributed by atoms with Gasteiger partial charge in [0.15, 0.2) is 0 Å². The number of hydrogen-bond donors (Lipinski definition) is 1. The number of fused-ring (bicyclic) bond motifs is 1. The molecule has 1 saturated carbocycles. The molecule has 1 aliphatic carbocycles. The third-order valence-corrected chi connectivity index (χ3v) is 7.40. The lowest BCUT2D eigenvalue weighted by molar-refractivity contribution is -0.123. The maximum Gasteiger partial charge on any atom is 0.272 e. The summed E-state index contributed by atoms with van der Waals surface area (Å²) in [7, 11) is 0. The Morgan fingerprint density at radius 1 is 1.03 bits per heavy atom. The van der Waals surface area contributed by atoms with Crippen molar-refractivity contribution < 1.29 is 9.59 Å². The highest BCUT2D eigenvalue weighted by atomic mass is 16.2. The number of nitrogens with zero attached hydrogens (tertiary/aromatic N) is 4. The van der Waals surface area contributed by atoms with E-state index in [1.165, 1.54) is 6.42 Å². The lowest BCUT2D eigenvalue weighted by Crippen LogP contribution is -2.41. The van der Waals surface area contributed by atoms with Gasteiger partial charge in [-0.1, -0.05) is 37.5 Å². The van der Waals surface area contributed by atoms with E-state index in [1.807, 2.05) is 11.0 Å². The minimum Gasteiger partial charge on any atom is -0.341 e. The van der Waals surface area contributed by atoms with Gasteiger partial charge >= 0.3 is 0 Å². The highest BCUT2D eigenvalue weighted by Gasteiger charge is 2.30. The summed E-state index contributed by atoms with van der Waals surface area (Å²) in [4.78, 5) is 40.6. The maximum atomic E-state index is 13.9. The number of para-hydroxylation sites is 1. The molecule has 2 heterocycles. The second kappa shape index (κ2) is 11.2. The molecule has 2 aromatic rings. The number of hydrogen-bond acceptors (Lipinski definition) is 4. The molecule has 1 N–H and O–H groups in total. The maximum absolute atomic E-state index is 13.9. The number of anilines is 1. The molecular formula is C27H39N5O2. The topological polar surface area (TPSA) is 72.5 Å². The van der Waals surface area contributed by atoms with Gasteiger partial charge in [-0.2, -0.15) is 0 Å². The first-order valence-corrected chi connectivity index (χ1v) is 12.9. The fourth-order valence-corrected chi connectivity index (χ4v) is 5.45. The van der Waals surface area contributed by atoms with Crippen LogP contribution in [-0.4, -0.2) is 63.8 Å². The van der Waals surface area contributed by atoms with Crippen LogP contribution in [0.3, 0.4) is 0 Å². The predicted octanol–water partition coefficient (Wildman–Crippen LogP) is 4.39. The van der Waals surface area contributed by atoms with Gasteiger partial charge in [0.1, 0.15) is 5.69 Å². The molecule has 1 aromatic carbocycles. The van der Waals surface area contributed by atoms with Gasteiger partial charge in [0.25, 0.3) is 5.91 Å². The SMILES string of the molecule is Cc1cccc2c1N(C(=O)C1CCCCC1)CCCN(C(C)C)CCN(C(=O)c1cnc[nH]1)C2. The summed E-state index contributed by atoms with van der Waals surface area (Å²) in [5.41, 5.74) is 3.62. The van der Waals surface area contributed by atoms with Crippen LogP contribution in [0.2, 0.25) is 0 Å². The Bertz CT molecular complexity index is 965. The number of aromatic nitrogens is 2. The summed E-state index contributed by atoms with van der Waals surface area (Å²) in [6, 6.07) is 6.57. The van der Waals surface area contributed by atoms with Crippen molar-refractivity contribution in [3.05, 3.63) is 47.5 Å². The highest BCUT2D eigenvalue weighted by Crippen LogP contribution is 2.32. The van der Waals surface area contributed by atoms with Gasteiger partial charge in [0, 0.05) is 44.7 Å². The number of aromatic amines is 1. The zero-order valence-electron chi connectivity index (χ0n) is 20.9. The molecule has 4 rings (SSSR count). The van der Waals surface area contributed by atoms with E-state index < -0.39 is 0 Å². The third kappa shape index (κ3) is 5.52. The van der Waals surface area contributed by atoms with Crippen molar-refractivity contribution in [2.45, 2.75) is 71.9 Å². The highest BCUT2D eigenvalue weighted by molar-refractivity contribution is 5.97. The minimum absolute atomic E-state index is 0.0573. The van der Waals surface area contributed by atoms with E-state index in [-0.39, 0.29) is 17.7 Å². The number of imidazole rings is 1. The Kier molecular flexibility index (Phi) is 8.03. The fourth-order valence-electron chi connectivity index (χ4n) is 5.45. The van der Waals surface area contributed by atoms with E-state index in [0.717, 1.165) is 62.0 Å². The van der Waals surface area contributed by atoms with Gasteiger partial charge in [-0.15, -0.1) is 0 Å². The van der Waals surface area contributed by atoms with Crippen LogP contribution in [0.4, 0.5) is 5.69 Å². The Morgan fingerprint density at radius 2 is 1.82 bits per heavy atom. The van der Waals surface area contributed by atoms with E-state index in [9.17, 15) is 9.59 Å². The Balaban J connectivity index is 1.72. The number of amides is 2. The van der Waals surface area contributed by atoms with E-state index in [0.29, 0.717) is 31.4 Å². The summed E-state index contributed by atoms with van der Waals surface area (Å²) >= 11 is 0. The molecule has 0 atom stereocenters. The van der Waals surface area contributed by atoms with Crippen molar-refractivity contribution in [1.82, 2.24) is 19.8 Å². The first-order chi connectivity index (χ1) is 16.5. The van der Waals surface area contributed by atoms with Crippen molar-refractivity contribution in [2.75, 3.05) is 31.1 Å². The van der Waals surface area contributed by atoms with Crippen molar-refractivity contribution >= 4 is 17.5 Å². The van der Waals surface area contributed by atoms with Gasteiger partial charge in [-0.25, -0.2) is 4.98 Å². The monoisotopic (exact) mass is 465 g/mol. The van der Waals surface area contributed by atoms with Crippen LogP contribution in [0.15, 0.2) is 30.7 Å². The smallest absolute Gasteiger partial charge is 0.272 e. The number of H-pyrrole nitrogens is 1. The molecule has 0 bridgehead atoms. The molecule has 7 nitrogen and oxygen atoms in total. The molecule has 0 radical (unpaired) electrons. The van der Waals surface area contributed by atoms with E-state index >= 15 is 0 Å². The molecule has 0 saturated heterocycles. The molecule has 184 valence electrons. The summed E-state index contributed by atoms with van der Waals surface area (Å²) in [6.45, 7) is 9.99. The molecule has 0 spiro atoms. The first kappa shape index (κ1) is 24.5. The van der Waals surface area contributed by atoms with Crippen molar-refractivity contribution in [3.8, 4) is 0 Å². The lowest BCUT2D eigenvalue weighted by Gasteiger charge is -2.33. The number of carbonyl (C=O) groups is 2. The fraction of sp³-hybridized carbons (Fsp3) is 0.593. The van der Waals surface area contributed by atoms with Crippen LogP contribution in [0.1, 0.15) is 74.0 Å². The Hall–Kier alpha value is -2.67. The molecule has 2 aliphatic rings. The Labute approximate surface area is 203 Å². The second-order valence-electron chi connectivity index (χ2n) is 10.1. The van der Waals surface area contributed by atoms with Gasteiger partial charge in [-0.3, -0.25) is 14.5 Å². The average molecular weight is 466 g/mol. The van der Waals surface area contributed by atoms with Crippen molar-refractivity contribution in [2.24, 2.45) is 5.92 Å². The largest absolute Gasteiger partial charge is 0.341 e. The average Bonchev–Trinajstić information content (AvgIpc) is 3.37. The standard InChI is InChI=1S/C27H39N5O2/c1-20(2)30-13-8-14-32(26(33)22-10-5-4-6-11-22)25-21(3)9-7-12-23(25)18-31(16-15-30)27(34)24-17-28-19-29-24/h7,9,12,17,19-20,22H,4-6,8,10-11,13-16,18H2,1-3H3,(H,28,29). The molecule has 34 heavy (non-hydrogen) atoms. The van der Waals surface area contributed by atoms with E-state index in [2.05, 4.69) is 52.7 Å². The first-order valence-electron chi connectivity index (χ1n) is 12.9. The summed E-state index contributed by atoms with van der Waals surface area (Å²) in [6.07, 6.45) is 9.52. The normalized spacial score (nSPS) is 19.1. The summed E-state index contributed by atoms with van der Waals surface area (Å²) in [5.74, 6) is 0.311. The van der Waals surface area contributed by atoms with Crippen LogP contribution in [0.5, 0.6) is 0 Å². The molecule has 1 aliphatic heterocycles. The van der Waals surface area contributed by atoms with E-state index in [1.54, 1.807) is 12.5 Å². The van der Waals surface area contributed by atoms with Gasteiger partial charge in [0.2, 0.25) is 5.91 Å².